The van der Waals surface area contributed by atoms with Crippen molar-refractivity contribution in [2.45, 2.75) is 431 Å². The lowest BCUT2D eigenvalue weighted by Crippen LogP contribution is -2.46. The Balaban J connectivity index is 3.90. The lowest BCUT2D eigenvalue weighted by atomic mass is 10.0. The fourth-order valence-electron chi connectivity index (χ4n) is 12.5. The van der Waals surface area contributed by atoms with Crippen molar-refractivity contribution in [2.24, 2.45) is 0 Å². The first-order chi connectivity index (χ1) is 43.5. The van der Waals surface area contributed by atoms with E-state index < -0.39 is 20.0 Å². The highest BCUT2D eigenvalue weighted by molar-refractivity contribution is 7.45. The van der Waals surface area contributed by atoms with Crippen molar-refractivity contribution in [1.29, 1.82) is 0 Å². The summed E-state index contributed by atoms with van der Waals surface area (Å²) < 4.78 is 23.6. The molecule has 0 aromatic carbocycles. The van der Waals surface area contributed by atoms with Crippen LogP contribution in [0.5, 0.6) is 0 Å². The van der Waals surface area contributed by atoms with E-state index in [1.54, 1.807) is 0 Å². The third kappa shape index (κ3) is 74.0. The second kappa shape index (κ2) is 71.0. The second-order valence-corrected chi connectivity index (χ2v) is 30.2. The number of nitrogens with zero attached hydrogens (tertiary/aromatic N) is 1. The van der Waals surface area contributed by atoms with Gasteiger partial charge >= 0.3 is 0 Å². The molecule has 8 nitrogen and oxygen atoms in total. The normalized spacial score (nSPS) is 13.7. The molecule has 0 saturated carbocycles. The monoisotopic (exact) mass is 1270 g/mol. The van der Waals surface area contributed by atoms with Gasteiger partial charge in [-0.1, -0.05) is 397 Å². The zero-order valence-corrected chi connectivity index (χ0v) is 61.6. The minimum Gasteiger partial charge on any atom is -0.756 e. The molecule has 3 atom stereocenters. The number of carbonyl (C=O) groups is 1. The second-order valence-electron chi connectivity index (χ2n) is 28.8. The molecule has 0 aliphatic rings. The van der Waals surface area contributed by atoms with Gasteiger partial charge in [0.25, 0.3) is 7.82 Å². The van der Waals surface area contributed by atoms with Crippen LogP contribution in [0.1, 0.15) is 418 Å². The molecule has 0 spiro atoms. The summed E-state index contributed by atoms with van der Waals surface area (Å²) in [7, 11) is 1.33. The number of carbonyl (C=O) groups excluding carboxylic acids is 1. The first kappa shape index (κ1) is 87.7. The number of phosphoric acid groups is 1. The third-order valence-electron chi connectivity index (χ3n) is 18.6. The Kier molecular flexibility index (Phi) is 70.0. The number of amides is 1. The molecule has 0 rings (SSSR count). The van der Waals surface area contributed by atoms with Gasteiger partial charge in [0.2, 0.25) is 5.91 Å². The van der Waals surface area contributed by atoms with Gasteiger partial charge in [0, 0.05) is 6.42 Å². The molecule has 9 heteroatoms. The van der Waals surface area contributed by atoms with Crippen LogP contribution in [0.4, 0.5) is 0 Å². The fourth-order valence-corrected chi connectivity index (χ4v) is 13.2. The van der Waals surface area contributed by atoms with Crippen molar-refractivity contribution in [3.63, 3.8) is 0 Å². The number of hydrogen-bond donors (Lipinski definition) is 2. The lowest BCUT2D eigenvalue weighted by molar-refractivity contribution is -0.870. The quantitative estimate of drug-likeness (QED) is 0.0272. The number of aliphatic hydroxyl groups excluding tert-OH is 1. The van der Waals surface area contributed by atoms with Crippen LogP contribution in [0.3, 0.4) is 0 Å². The van der Waals surface area contributed by atoms with Gasteiger partial charge in [-0.2, -0.15) is 0 Å². The maximum absolute atomic E-state index is 13.1. The number of aliphatic hydroxyl groups is 1. The summed E-state index contributed by atoms with van der Waals surface area (Å²) in [5, 5.41) is 14.1. The summed E-state index contributed by atoms with van der Waals surface area (Å²) in [5.41, 5.74) is 0. The summed E-state index contributed by atoms with van der Waals surface area (Å²) in [6, 6.07) is -0.801. The smallest absolute Gasteiger partial charge is 0.268 e. The molecule has 3 unspecified atom stereocenters. The molecule has 2 N–H and O–H groups in total. The molecule has 528 valence electrons. The number of hydrogen-bond acceptors (Lipinski definition) is 6. The predicted octanol–water partition coefficient (Wildman–Crippen LogP) is 25.3. The molecular weight excluding hydrogens is 1120 g/mol. The number of rotatable bonds is 75. The molecule has 0 aromatic rings. The van der Waals surface area contributed by atoms with E-state index in [1.807, 2.05) is 21.1 Å². The van der Waals surface area contributed by atoms with E-state index in [2.05, 4.69) is 55.6 Å². The highest BCUT2D eigenvalue weighted by Gasteiger charge is 2.24. The largest absolute Gasteiger partial charge is 0.756 e. The molecule has 0 saturated heterocycles. The van der Waals surface area contributed by atoms with Crippen LogP contribution in [0, 0.1) is 0 Å². The molecule has 0 radical (unpaired) electrons. The van der Waals surface area contributed by atoms with Gasteiger partial charge in [-0.05, 0) is 51.4 Å². The van der Waals surface area contributed by atoms with Crippen molar-refractivity contribution in [3.8, 4) is 0 Å². The summed E-state index contributed by atoms with van der Waals surface area (Å²) in [6.45, 7) is 4.78. The number of quaternary nitrogens is 1. The highest BCUT2D eigenvalue weighted by atomic mass is 31.2. The average Bonchev–Trinajstić information content (AvgIpc) is 3.55. The van der Waals surface area contributed by atoms with E-state index in [4.69, 9.17) is 9.05 Å². The van der Waals surface area contributed by atoms with Crippen molar-refractivity contribution < 1.29 is 32.9 Å². The van der Waals surface area contributed by atoms with Crippen molar-refractivity contribution in [1.82, 2.24) is 5.32 Å². The van der Waals surface area contributed by atoms with Gasteiger partial charge in [0.15, 0.2) is 0 Å². The van der Waals surface area contributed by atoms with E-state index in [0.29, 0.717) is 23.9 Å². The number of unbranched alkanes of at least 4 members (excludes halogenated alkanes) is 56. The van der Waals surface area contributed by atoms with E-state index in [9.17, 15) is 19.4 Å². The zero-order chi connectivity index (χ0) is 64.8. The van der Waals surface area contributed by atoms with Crippen molar-refractivity contribution >= 4 is 13.7 Å². The van der Waals surface area contributed by atoms with Crippen LogP contribution in [0.15, 0.2) is 36.5 Å². The SMILES string of the molecule is CCCCCCC/C=C\C/C=C\C/C=C\CCCCCCCCCCCCCCCCCCCCCCCCCCC(=O)NC(COP(=O)([O-])OCC[N+](C)(C)C)C(O)CCCCCCCCCCCCCCCCCCCCCCCCCCCCCC. The van der Waals surface area contributed by atoms with Gasteiger partial charge < -0.3 is 28.8 Å². The summed E-state index contributed by atoms with van der Waals surface area (Å²) >= 11 is 0. The van der Waals surface area contributed by atoms with E-state index >= 15 is 0 Å². The highest BCUT2D eigenvalue weighted by Crippen LogP contribution is 2.38. The summed E-state index contributed by atoms with van der Waals surface area (Å²) in [4.78, 5) is 25.7. The first-order valence-electron chi connectivity index (χ1n) is 39.8. The molecule has 0 aliphatic heterocycles. The van der Waals surface area contributed by atoms with Crippen LogP contribution >= 0.6 is 7.82 Å². The predicted molar refractivity (Wildman–Crippen MR) is 390 cm³/mol. The van der Waals surface area contributed by atoms with E-state index in [0.717, 1.165) is 51.4 Å². The number of likely N-dealkylation sites (N-methyl/N-ethyl adjacent to an activating group) is 1. The Morgan fingerprint density at radius 2 is 0.652 bits per heavy atom. The number of phosphoric ester groups is 1. The topological polar surface area (TPSA) is 108 Å². The number of nitrogens with one attached hydrogen (secondary N) is 1. The average molecular weight is 1270 g/mol. The third-order valence-corrected chi connectivity index (χ3v) is 19.6. The van der Waals surface area contributed by atoms with E-state index in [1.165, 1.54) is 340 Å². The Labute approximate surface area is 557 Å². The van der Waals surface area contributed by atoms with Gasteiger partial charge in [-0.25, -0.2) is 0 Å². The molecule has 0 aromatic heterocycles. The number of allylic oxidation sites excluding steroid dienone is 6. The van der Waals surface area contributed by atoms with E-state index in [-0.39, 0.29) is 19.1 Å². The first-order valence-corrected chi connectivity index (χ1v) is 41.3. The Morgan fingerprint density at radius 3 is 0.944 bits per heavy atom. The maximum Gasteiger partial charge on any atom is 0.268 e. The maximum atomic E-state index is 13.1. The van der Waals surface area contributed by atoms with Crippen LogP contribution in [-0.4, -0.2) is 68.5 Å². The summed E-state index contributed by atoms with van der Waals surface area (Å²) in [5.74, 6) is -0.155. The van der Waals surface area contributed by atoms with Crippen LogP contribution in [0.25, 0.3) is 0 Å². The van der Waals surface area contributed by atoms with Gasteiger partial charge in [-0.15, -0.1) is 0 Å². The minimum atomic E-state index is -4.58. The van der Waals surface area contributed by atoms with Crippen LogP contribution < -0.4 is 10.2 Å². The van der Waals surface area contributed by atoms with Gasteiger partial charge in [-0.3, -0.25) is 9.36 Å². The molecule has 0 bridgehead atoms. The molecule has 89 heavy (non-hydrogen) atoms. The van der Waals surface area contributed by atoms with Crippen LogP contribution in [-0.2, 0) is 18.4 Å². The molecule has 0 heterocycles. The Bertz CT molecular complexity index is 1550. The molecule has 1 amide bonds. The zero-order valence-electron chi connectivity index (χ0n) is 60.7. The molecule has 0 aliphatic carbocycles. The Morgan fingerprint density at radius 1 is 0.393 bits per heavy atom. The van der Waals surface area contributed by atoms with Gasteiger partial charge in [0.05, 0.1) is 39.9 Å². The minimum absolute atomic E-state index is 0.0151. The Hall–Kier alpha value is -1.28. The summed E-state index contributed by atoms with van der Waals surface area (Å²) in [6.07, 6.45) is 95.5. The fraction of sp³-hybridized carbons (Fsp3) is 0.912. The standard InChI is InChI=1S/C80H157N2O6P/c1-6-8-10-12-14-16-18-20-22-24-26-28-30-32-34-36-37-38-39-40-41-42-43-44-45-46-48-50-52-54-56-58-60-62-64-66-68-70-72-74-80(84)81-78(77-88-89(85,86)87-76-75-82(3,4)5)79(83)73-71-69-67-65-63-61-59-57-55-53-51-49-47-35-33-31-29-27-25-23-21-19-17-15-13-11-9-7-2/h18,20,24,26,30,32,78-79,83H,6-17,19,21-23,25,27-29,31,33-77H2,1-5H3,(H-,81,84,85,86)/b20-18-,26-24-,32-30-. The molecule has 0 fully saturated rings. The lowest BCUT2D eigenvalue weighted by Gasteiger charge is -2.30. The van der Waals surface area contributed by atoms with Crippen molar-refractivity contribution in [2.75, 3.05) is 40.9 Å². The van der Waals surface area contributed by atoms with Gasteiger partial charge in [0.1, 0.15) is 13.2 Å². The molecular formula is C80H157N2O6P. The van der Waals surface area contributed by atoms with Crippen LogP contribution in [0.2, 0.25) is 0 Å². The van der Waals surface area contributed by atoms with Crippen molar-refractivity contribution in [3.05, 3.63) is 36.5 Å².